The van der Waals surface area contributed by atoms with Crippen LogP contribution in [0.15, 0.2) is 11.2 Å². The van der Waals surface area contributed by atoms with Gasteiger partial charge >= 0.3 is 0 Å². The third-order valence-corrected chi connectivity index (χ3v) is 5.67. The van der Waals surface area contributed by atoms with Crippen molar-refractivity contribution in [2.24, 2.45) is 7.05 Å². The van der Waals surface area contributed by atoms with Crippen molar-refractivity contribution in [2.45, 2.75) is 36.4 Å². The lowest BCUT2D eigenvalue weighted by Crippen LogP contribution is -2.39. The van der Waals surface area contributed by atoms with E-state index in [-0.39, 0.29) is 11.1 Å². The Hall–Kier alpha value is -0.990. The number of fused-ring (bicyclic) bond motifs is 2. The van der Waals surface area contributed by atoms with Crippen molar-refractivity contribution in [3.63, 3.8) is 0 Å². The first-order chi connectivity index (χ1) is 8.57. The highest BCUT2D eigenvalue weighted by molar-refractivity contribution is 7.89. The standard InChI is InChI=1S/C10H17N5O2S/c1-14-10(6-11-13-14)18(16,17)15-5-4-8-2-3-9(7-15)12-8/h6,8-9,12H,2-5,7H2,1H3. The Bertz CT molecular complexity index is 540. The zero-order valence-corrected chi connectivity index (χ0v) is 11.1. The summed E-state index contributed by atoms with van der Waals surface area (Å²) in [5, 5.41) is 11.0. The average Bonchev–Trinajstić information content (AvgIpc) is 2.84. The van der Waals surface area contributed by atoms with Gasteiger partial charge in [-0.25, -0.2) is 13.1 Å². The summed E-state index contributed by atoms with van der Waals surface area (Å²) in [5.74, 6) is 0. The Morgan fingerprint density at radius 1 is 1.33 bits per heavy atom. The topological polar surface area (TPSA) is 80.1 Å². The molecule has 0 aromatic carbocycles. The van der Waals surface area contributed by atoms with E-state index >= 15 is 0 Å². The summed E-state index contributed by atoms with van der Waals surface area (Å²) in [6.45, 7) is 1.12. The molecule has 0 radical (unpaired) electrons. The summed E-state index contributed by atoms with van der Waals surface area (Å²) in [6, 6.07) is 0.758. The quantitative estimate of drug-likeness (QED) is 0.771. The summed E-state index contributed by atoms with van der Waals surface area (Å²) in [7, 11) is -1.86. The SMILES string of the molecule is Cn1nncc1S(=O)(=O)N1CCC2CCC(C1)N2. The van der Waals surface area contributed by atoms with Crippen LogP contribution in [0.4, 0.5) is 0 Å². The number of hydrogen-bond acceptors (Lipinski definition) is 5. The van der Waals surface area contributed by atoms with E-state index in [2.05, 4.69) is 15.6 Å². The third kappa shape index (κ3) is 1.94. The van der Waals surface area contributed by atoms with E-state index in [1.54, 1.807) is 11.4 Å². The molecule has 0 aliphatic carbocycles. The summed E-state index contributed by atoms with van der Waals surface area (Å²) in [6.07, 6.45) is 4.40. The fourth-order valence-electron chi connectivity index (χ4n) is 2.78. The van der Waals surface area contributed by atoms with Crippen LogP contribution in [-0.2, 0) is 17.1 Å². The number of hydrogen-bond donors (Lipinski definition) is 1. The molecule has 2 bridgehead atoms. The highest BCUT2D eigenvalue weighted by atomic mass is 32.2. The van der Waals surface area contributed by atoms with Crippen LogP contribution in [0.3, 0.4) is 0 Å². The molecule has 2 fully saturated rings. The molecule has 2 saturated heterocycles. The normalized spacial score (nSPS) is 29.4. The Morgan fingerprint density at radius 2 is 2.11 bits per heavy atom. The molecule has 1 aromatic rings. The molecule has 0 saturated carbocycles. The van der Waals surface area contributed by atoms with Crippen molar-refractivity contribution in [1.82, 2.24) is 24.6 Å². The fraction of sp³-hybridized carbons (Fsp3) is 0.800. The minimum absolute atomic E-state index is 0.167. The first-order valence-corrected chi connectivity index (χ1v) is 7.62. The fourth-order valence-corrected chi connectivity index (χ4v) is 4.31. The lowest BCUT2D eigenvalue weighted by Gasteiger charge is -2.23. The molecule has 1 N–H and O–H groups in total. The van der Waals surface area contributed by atoms with Crippen molar-refractivity contribution in [2.75, 3.05) is 13.1 Å². The van der Waals surface area contributed by atoms with Gasteiger partial charge in [0, 0.05) is 32.2 Å². The molecule has 2 unspecified atom stereocenters. The largest absolute Gasteiger partial charge is 0.310 e. The van der Waals surface area contributed by atoms with Crippen molar-refractivity contribution >= 4 is 10.0 Å². The molecule has 18 heavy (non-hydrogen) atoms. The molecule has 2 aliphatic heterocycles. The predicted octanol–water partition coefficient (Wildman–Crippen LogP) is -0.670. The minimum Gasteiger partial charge on any atom is -0.310 e. The van der Waals surface area contributed by atoms with Gasteiger partial charge in [0.05, 0.1) is 6.20 Å². The molecular formula is C10H17N5O2S. The lowest BCUT2D eigenvalue weighted by molar-refractivity contribution is 0.379. The highest BCUT2D eigenvalue weighted by Crippen LogP contribution is 2.24. The molecule has 8 heteroatoms. The maximum Gasteiger partial charge on any atom is 0.261 e. The van der Waals surface area contributed by atoms with E-state index in [9.17, 15) is 8.42 Å². The second-order valence-electron chi connectivity index (χ2n) is 4.99. The van der Waals surface area contributed by atoms with Crippen molar-refractivity contribution in [3.8, 4) is 0 Å². The zero-order chi connectivity index (χ0) is 12.8. The number of aromatic nitrogens is 3. The van der Waals surface area contributed by atoms with Crippen LogP contribution in [0.1, 0.15) is 19.3 Å². The van der Waals surface area contributed by atoms with Gasteiger partial charge < -0.3 is 5.32 Å². The van der Waals surface area contributed by atoms with E-state index in [0.717, 1.165) is 19.3 Å². The first-order valence-electron chi connectivity index (χ1n) is 6.18. The Morgan fingerprint density at radius 3 is 2.83 bits per heavy atom. The third-order valence-electron chi connectivity index (χ3n) is 3.76. The molecule has 3 heterocycles. The number of rotatable bonds is 2. The Labute approximate surface area is 106 Å². The van der Waals surface area contributed by atoms with Crippen LogP contribution in [0.25, 0.3) is 0 Å². The van der Waals surface area contributed by atoms with E-state index < -0.39 is 10.0 Å². The van der Waals surface area contributed by atoms with Gasteiger partial charge in [0.1, 0.15) is 0 Å². The van der Waals surface area contributed by atoms with Gasteiger partial charge in [-0.1, -0.05) is 5.21 Å². The number of nitrogens with zero attached hydrogens (tertiary/aromatic N) is 4. The van der Waals surface area contributed by atoms with Gasteiger partial charge in [0.2, 0.25) is 0 Å². The summed E-state index contributed by atoms with van der Waals surface area (Å²) >= 11 is 0. The van der Waals surface area contributed by atoms with E-state index in [0.29, 0.717) is 19.1 Å². The summed E-state index contributed by atoms with van der Waals surface area (Å²) in [5.41, 5.74) is 0. The number of aryl methyl sites for hydroxylation is 1. The summed E-state index contributed by atoms with van der Waals surface area (Å²) in [4.78, 5) is 0. The maximum atomic E-state index is 12.5. The molecule has 7 nitrogen and oxygen atoms in total. The lowest BCUT2D eigenvalue weighted by atomic mass is 10.1. The number of nitrogens with one attached hydrogen (secondary N) is 1. The zero-order valence-electron chi connectivity index (χ0n) is 10.3. The van der Waals surface area contributed by atoms with Gasteiger partial charge in [-0.15, -0.1) is 5.10 Å². The number of sulfonamides is 1. The van der Waals surface area contributed by atoms with Gasteiger partial charge in [0.15, 0.2) is 5.03 Å². The average molecular weight is 271 g/mol. The molecule has 3 rings (SSSR count). The van der Waals surface area contributed by atoms with E-state index in [1.807, 2.05) is 0 Å². The monoisotopic (exact) mass is 271 g/mol. The van der Waals surface area contributed by atoms with Gasteiger partial charge in [-0.3, -0.25) is 0 Å². The van der Waals surface area contributed by atoms with Crippen LogP contribution >= 0.6 is 0 Å². The van der Waals surface area contributed by atoms with Crippen LogP contribution in [0, 0.1) is 0 Å². The molecule has 2 aliphatic rings. The molecular weight excluding hydrogens is 254 g/mol. The molecule has 0 amide bonds. The predicted molar refractivity (Wildman–Crippen MR) is 64.3 cm³/mol. The van der Waals surface area contributed by atoms with Crippen molar-refractivity contribution in [1.29, 1.82) is 0 Å². The van der Waals surface area contributed by atoms with Crippen molar-refractivity contribution < 1.29 is 8.42 Å². The van der Waals surface area contributed by atoms with Crippen LogP contribution < -0.4 is 5.32 Å². The smallest absolute Gasteiger partial charge is 0.261 e. The van der Waals surface area contributed by atoms with E-state index in [4.69, 9.17) is 0 Å². The highest BCUT2D eigenvalue weighted by Gasteiger charge is 2.36. The van der Waals surface area contributed by atoms with Crippen LogP contribution in [0.2, 0.25) is 0 Å². The molecule has 100 valence electrons. The van der Waals surface area contributed by atoms with Crippen molar-refractivity contribution in [3.05, 3.63) is 6.20 Å². The van der Waals surface area contributed by atoms with E-state index in [1.165, 1.54) is 10.9 Å². The Balaban J connectivity index is 1.88. The second-order valence-corrected chi connectivity index (χ2v) is 6.87. The minimum atomic E-state index is -3.46. The second kappa shape index (κ2) is 4.29. The Kier molecular flexibility index (Phi) is 2.87. The molecule has 0 spiro atoms. The molecule has 1 aromatic heterocycles. The van der Waals surface area contributed by atoms with Gasteiger partial charge in [-0.05, 0) is 19.3 Å². The maximum absolute atomic E-state index is 12.5. The van der Waals surface area contributed by atoms with Gasteiger partial charge in [-0.2, -0.15) is 4.31 Å². The summed E-state index contributed by atoms with van der Waals surface area (Å²) < 4.78 is 27.9. The van der Waals surface area contributed by atoms with Crippen LogP contribution in [-0.4, -0.2) is 52.9 Å². The van der Waals surface area contributed by atoms with Gasteiger partial charge in [0.25, 0.3) is 10.0 Å². The molecule has 2 atom stereocenters. The van der Waals surface area contributed by atoms with Crippen LogP contribution in [0.5, 0.6) is 0 Å². The first kappa shape index (κ1) is 12.1.